The summed E-state index contributed by atoms with van der Waals surface area (Å²) in [5.74, 6) is 0. The van der Waals surface area contributed by atoms with E-state index < -0.39 is 11.2 Å². The molecular weight excluding hydrogens is 855 g/mol. The molecule has 5 rings (SSSR count). The Morgan fingerprint density at radius 3 is 1.00 bits per heavy atom. The molecule has 3 aromatic heterocycles. The summed E-state index contributed by atoms with van der Waals surface area (Å²) in [5, 5.41) is 32.7. The van der Waals surface area contributed by atoms with E-state index in [1.807, 2.05) is 22.7 Å². The van der Waals surface area contributed by atoms with Crippen LogP contribution >= 0.6 is 22.7 Å². The number of rotatable bonds is 39. The highest BCUT2D eigenvalue weighted by molar-refractivity contribution is 7.14. The van der Waals surface area contributed by atoms with Crippen molar-refractivity contribution in [2.24, 2.45) is 0 Å². The number of thiophene rings is 2. The fraction of sp³-hybridized carbons (Fsp3) is 0.677. The molecule has 0 radical (unpaired) electrons. The third-order valence-electron chi connectivity index (χ3n) is 15.2. The maximum absolute atomic E-state index is 12.8. The van der Waals surface area contributed by atoms with E-state index >= 15 is 0 Å². The molecular formula is C62H97NO2S2. The third kappa shape index (κ3) is 16.9. The van der Waals surface area contributed by atoms with E-state index in [4.69, 9.17) is 0 Å². The molecule has 2 N–H and O–H groups in total. The molecule has 3 nitrogen and oxygen atoms in total. The molecule has 0 unspecified atom stereocenters. The highest BCUT2D eigenvalue weighted by Gasteiger charge is 2.33. The summed E-state index contributed by atoms with van der Waals surface area (Å²) >= 11 is 3.63. The molecule has 0 saturated heterocycles. The first-order valence-corrected chi connectivity index (χ1v) is 30.3. The van der Waals surface area contributed by atoms with Gasteiger partial charge in [-0.05, 0) is 78.3 Å². The molecule has 0 atom stereocenters. The molecule has 3 heterocycles. The number of unbranched alkanes of at least 4 members (excludes halogenated alkanes) is 25. The molecule has 0 fully saturated rings. The zero-order valence-electron chi connectivity index (χ0n) is 43.7. The molecule has 5 aromatic rings. The van der Waals surface area contributed by atoms with Gasteiger partial charge in [-0.2, -0.15) is 0 Å². The van der Waals surface area contributed by atoms with Crippen LogP contribution in [0.1, 0.15) is 264 Å². The molecule has 0 aliphatic rings. The topological polar surface area (TPSA) is 45.4 Å². The van der Waals surface area contributed by atoms with Crippen LogP contribution in [0.15, 0.2) is 59.3 Å². The first-order valence-electron chi connectivity index (χ1n) is 28.5. The Morgan fingerprint density at radius 2 is 0.672 bits per heavy atom. The monoisotopic (exact) mass is 952 g/mol. The van der Waals surface area contributed by atoms with Gasteiger partial charge in [0.15, 0.2) is 0 Å². The van der Waals surface area contributed by atoms with E-state index in [0.29, 0.717) is 0 Å². The van der Waals surface area contributed by atoms with Crippen molar-refractivity contribution in [3.63, 3.8) is 0 Å². The molecule has 0 bridgehead atoms. The lowest BCUT2D eigenvalue weighted by molar-refractivity contribution is 0.0138. The summed E-state index contributed by atoms with van der Waals surface area (Å²) < 4.78 is 2.63. The van der Waals surface area contributed by atoms with Gasteiger partial charge in [-0.1, -0.05) is 245 Å². The van der Waals surface area contributed by atoms with E-state index in [1.54, 1.807) is 0 Å². The molecule has 0 spiro atoms. The molecule has 0 amide bonds. The van der Waals surface area contributed by atoms with E-state index in [9.17, 15) is 10.2 Å². The van der Waals surface area contributed by atoms with Crippen molar-refractivity contribution in [3.05, 3.63) is 70.4 Å². The number of aryl methyl sites for hydroxylation is 1. The van der Waals surface area contributed by atoms with Gasteiger partial charge in [-0.15, -0.1) is 22.7 Å². The average molecular weight is 953 g/mol. The maximum Gasteiger partial charge on any atom is 0.0910 e. The lowest BCUT2D eigenvalue weighted by Gasteiger charge is -2.30. The van der Waals surface area contributed by atoms with Crippen molar-refractivity contribution in [2.75, 3.05) is 0 Å². The van der Waals surface area contributed by atoms with Crippen molar-refractivity contribution < 1.29 is 10.2 Å². The molecule has 0 aliphatic heterocycles. The van der Waals surface area contributed by atoms with Crippen molar-refractivity contribution >= 4 is 44.5 Å². The van der Waals surface area contributed by atoms with E-state index in [1.165, 1.54) is 203 Å². The van der Waals surface area contributed by atoms with Gasteiger partial charge in [-0.3, -0.25) is 0 Å². The molecule has 0 saturated carbocycles. The molecule has 0 aliphatic carbocycles. The number of benzene rings is 2. The Hall–Kier alpha value is -2.44. The number of aliphatic hydroxyl groups is 2. The molecule has 5 heteroatoms. The first-order chi connectivity index (χ1) is 32.8. The second-order valence-electron chi connectivity index (χ2n) is 20.8. The van der Waals surface area contributed by atoms with Crippen LogP contribution in [0, 0.1) is 0 Å². The van der Waals surface area contributed by atoms with Crippen molar-refractivity contribution in [3.8, 4) is 20.9 Å². The quantitative estimate of drug-likeness (QED) is 0.0386. The molecule has 67 heavy (non-hydrogen) atoms. The van der Waals surface area contributed by atoms with Crippen LogP contribution < -0.4 is 0 Å². The Balaban J connectivity index is 1.50. The predicted octanol–water partition coefficient (Wildman–Crippen LogP) is 21.0. The van der Waals surface area contributed by atoms with Gasteiger partial charge in [0, 0.05) is 49.2 Å². The number of aromatic nitrogens is 1. The smallest absolute Gasteiger partial charge is 0.0910 e. The molecule has 2 aromatic carbocycles. The van der Waals surface area contributed by atoms with Crippen LogP contribution in [0.25, 0.3) is 42.7 Å². The van der Waals surface area contributed by atoms with Gasteiger partial charge in [0.25, 0.3) is 0 Å². The van der Waals surface area contributed by atoms with Crippen LogP contribution in [0.3, 0.4) is 0 Å². The minimum atomic E-state index is -0.801. The summed E-state index contributed by atoms with van der Waals surface area (Å²) in [6.45, 7) is 12.5. The number of nitrogens with zero attached hydrogens (tertiary/aromatic N) is 1. The van der Waals surface area contributed by atoms with Crippen molar-refractivity contribution in [2.45, 2.75) is 271 Å². The number of fused-ring (bicyclic) bond motifs is 3. The zero-order valence-corrected chi connectivity index (χ0v) is 45.3. The van der Waals surface area contributed by atoms with Gasteiger partial charge in [-0.25, -0.2) is 0 Å². The van der Waals surface area contributed by atoms with E-state index in [0.717, 1.165) is 75.5 Å². The largest absolute Gasteiger partial charge is 0.385 e. The lowest BCUT2D eigenvalue weighted by atomic mass is 9.82. The minimum absolute atomic E-state index is 0.801. The number of hydrogen-bond donors (Lipinski definition) is 2. The predicted molar refractivity (Wildman–Crippen MR) is 299 cm³/mol. The highest BCUT2D eigenvalue weighted by Crippen LogP contribution is 2.46. The fourth-order valence-electron chi connectivity index (χ4n) is 11.0. The second-order valence-corrected chi connectivity index (χ2v) is 22.7. The van der Waals surface area contributed by atoms with Crippen LogP contribution in [0.4, 0.5) is 0 Å². The van der Waals surface area contributed by atoms with Crippen LogP contribution in [-0.2, 0) is 17.7 Å². The summed E-state index contributed by atoms with van der Waals surface area (Å²) in [5.41, 5.74) is 5.80. The minimum Gasteiger partial charge on any atom is -0.385 e. The third-order valence-corrected chi connectivity index (χ3v) is 17.2. The standard InChI is InChI=1S/C62H97NO2S2/c1-6-11-16-21-26-31-42-61(64,43-32-27-22-17-12-7-2)55-40-47-66-59(55)51-36-38-53-54-39-37-52(50-58(54)63(57(53)49-51)46-35-30-25-20-15-10-5)60-56(41-48-67-60)62(65,44-33-28-23-18-13-8-3)45-34-29-24-19-14-9-4/h36-41,47-50,64-65H,6-35,42-46H2,1-5H3. The number of hydrogen-bond acceptors (Lipinski definition) is 4. The zero-order chi connectivity index (χ0) is 47.6. The van der Waals surface area contributed by atoms with Gasteiger partial charge >= 0.3 is 0 Å². The van der Waals surface area contributed by atoms with Crippen molar-refractivity contribution in [1.29, 1.82) is 0 Å². The fourth-order valence-corrected chi connectivity index (χ4v) is 13.0. The van der Waals surface area contributed by atoms with Crippen LogP contribution in [-0.4, -0.2) is 14.8 Å². The SMILES string of the molecule is CCCCCCCCn1c2cc(-c3sccc3C(O)(CCCCCCCC)CCCCCCCC)ccc2c2ccc(-c3sccc3C(O)(CCCCCCCC)CCCCCCCC)cc21. The maximum atomic E-state index is 12.8. The van der Waals surface area contributed by atoms with E-state index in [2.05, 4.69) is 98.5 Å². The second kappa shape index (κ2) is 31.0. The van der Waals surface area contributed by atoms with Crippen LogP contribution in [0.2, 0.25) is 0 Å². The van der Waals surface area contributed by atoms with Gasteiger partial charge < -0.3 is 14.8 Å². The van der Waals surface area contributed by atoms with Gasteiger partial charge in [0.05, 0.1) is 11.2 Å². The molecule has 374 valence electrons. The van der Waals surface area contributed by atoms with Crippen molar-refractivity contribution in [1.82, 2.24) is 4.57 Å². The van der Waals surface area contributed by atoms with Gasteiger partial charge in [0.2, 0.25) is 0 Å². The van der Waals surface area contributed by atoms with E-state index in [-0.39, 0.29) is 0 Å². The Morgan fingerprint density at radius 1 is 0.373 bits per heavy atom. The van der Waals surface area contributed by atoms with Gasteiger partial charge in [0.1, 0.15) is 0 Å². The lowest BCUT2D eigenvalue weighted by Crippen LogP contribution is -2.26. The normalized spacial score (nSPS) is 12.4. The highest BCUT2D eigenvalue weighted by atomic mass is 32.1. The Labute approximate surface area is 419 Å². The Kier molecular flexibility index (Phi) is 25.7. The summed E-state index contributed by atoms with van der Waals surface area (Å²) in [7, 11) is 0. The van der Waals surface area contributed by atoms with Crippen LogP contribution in [0.5, 0.6) is 0 Å². The summed E-state index contributed by atoms with van der Waals surface area (Å²) in [6, 6.07) is 18.9. The summed E-state index contributed by atoms with van der Waals surface area (Å²) in [4.78, 5) is 2.49. The first kappa shape index (κ1) is 55.5. The Bertz CT molecular complexity index is 1900. The summed E-state index contributed by atoms with van der Waals surface area (Å²) in [6.07, 6.45) is 40.8. The average Bonchev–Trinajstić information content (AvgIpc) is 4.11.